The van der Waals surface area contributed by atoms with E-state index in [1.165, 1.54) is 10.5 Å². The van der Waals surface area contributed by atoms with Crippen molar-refractivity contribution in [3.63, 3.8) is 0 Å². The van der Waals surface area contributed by atoms with Crippen LogP contribution in [0.25, 0.3) is 5.65 Å². The Morgan fingerprint density at radius 3 is 2.82 bits per heavy atom. The lowest BCUT2D eigenvalue weighted by Gasteiger charge is -2.18. The topological polar surface area (TPSA) is 25.5 Å². The summed E-state index contributed by atoms with van der Waals surface area (Å²) >= 11 is 7.19. The van der Waals surface area contributed by atoms with E-state index in [0.29, 0.717) is 12.3 Å². The van der Waals surface area contributed by atoms with Crippen LogP contribution in [-0.2, 0) is 12.8 Å². The molecule has 3 rings (SSSR count). The number of nitrogens with zero attached hydrogens (tertiary/aromatic N) is 4. The van der Waals surface area contributed by atoms with E-state index >= 15 is 0 Å². The maximum Gasteiger partial charge on any atom is 0.417 e. The van der Waals surface area contributed by atoms with Crippen LogP contribution in [-0.4, -0.2) is 43.7 Å². The lowest BCUT2D eigenvalue weighted by molar-refractivity contribution is -0.137. The van der Waals surface area contributed by atoms with Crippen molar-refractivity contribution in [2.75, 3.05) is 24.6 Å². The largest absolute Gasteiger partial charge is 0.417 e. The zero-order valence-electron chi connectivity index (χ0n) is 11.7. The zero-order valence-corrected chi connectivity index (χ0v) is 13.3. The summed E-state index contributed by atoms with van der Waals surface area (Å²) in [5.74, 6) is 2.20. The lowest BCUT2D eigenvalue weighted by atomic mass is 10.3. The molecule has 0 radical (unpaired) electrons. The summed E-state index contributed by atoms with van der Waals surface area (Å²) in [5.41, 5.74) is -0.288. The highest BCUT2D eigenvalue weighted by Crippen LogP contribution is 2.29. The molecule has 0 aliphatic carbocycles. The number of rotatable bonds is 2. The van der Waals surface area contributed by atoms with E-state index in [4.69, 9.17) is 12.2 Å². The lowest BCUT2D eigenvalue weighted by Crippen LogP contribution is -2.29. The normalized spacial score (nSPS) is 17.8. The van der Waals surface area contributed by atoms with Gasteiger partial charge >= 0.3 is 6.18 Å². The Kier molecular flexibility index (Phi) is 4.47. The maximum absolute atomic E-state index is 12.8. The molecule has 9 heteroatoms. The highest BCUT2D eigenvalue weighted by molar-refractivity contribution is 7.99. The molecule has 1 saturated heterocycles. The second-order valence-electron chi connectivity index (χ2n) is 5.15. The first-order valence-corrected chi connectivity index (χ1v) is 8.48. The quantitative estimate of drug-likeness (QED) is 0.778. The first-order valence-electron chi connectivity index (χ1n) is 6.92. The molecule has 0 atom stereocenters. The van der Waals surface area contributed by atoms with E-state index < -0.39 is 11.7 Å². The first-order chi connectivity index (χ1) is 10.4. The third-order valence-electron chi connectivity index (χ3n) is 3.55. The molecule has 0 bridgehead atoms. The van der Waals surface area contributed by atoms with Crippen molar-refractivity contribution in [1.29, 1.82) is 0 Å². The molecule has 0 N–H and O–H groups in total. The molecule has 0 saturated carbocycles. The van der Waals surface area contributed by atoms with Gasteiger partial charge in [-0.1, -0.05) is 0 Å². The van der Waals surface area contributed by atoms with Crippen molar-refractivity contribution < 1.29 is 13.2 Å². The van der Waals surface area contributed by atoms with Crippen molar-refractivity contribution in [2.45, 2.75) is 19.3 Å². The van der Waals surface area contributed by atoms with Gasteiger partial charge < -0.3 is 0 Å². The van der Waals surface area contributed by atoms with Gasteiger partial charge in [0.2, 0.25) is 4.77 Å². The molecule has 4 nitrogen and oxygen atoms in total. The van der Waals surface area contributed by atoms with Crippen LogP contribution in [0.15, 0.2) is 18.3 Å². The van der Waals surface area contributed by atoms with Crippen LogP contribution in [0.5, 0.6) is 0 Å². The predicted octanol–water partition coefficient (Wildman–Crippen LogP) is 3.28. The van der Waals surface area contributed by atoms with Crippen LogP contribution in [0.1, 0.15) is 12.0 Å². The molecule has 0 aromatic carbocycles. The summed E-state index contributed by atoms with van der Waals surface area (Å²) in [6, 6.07) is 2.39. The molecular weight excluding hydrogens is 333 g/mol. The van der Waals surface area contributed by atoms with Crippen LogP contribution in [0.4, 0.5) is 13.2 Å². The third kappa shape index (κ3) is 3.31. The standard InChI is InChI=1S/C13H15F3N4S2/c14-13(15,16)10-2-3-11-17-20(12(21)19(11)8-10)9-18-4-1-6-22-7-5-18/h2-3,8H,1,4-7,9H2. The molecule has 22 heavy (non-hydrogen) atoms. The molecule has 1 fully saturated rings. The summed E-state index contributed by atoms with van der Waals surface area (Å²) in [4.78, 5) is 2.23. The Morgan fingerprint density at radius 1 is 1.23 bits per heavy atom. The number of fused-ring (bicyclic) bond motifs is 1. The van der Waals surface area contributed by atoms with Gasteiger partial charge in [-0.05, 0) is 36.5 Å². The Bertz CT molecular complexity index is 714. The predicted molar refractivity (Wildman–Crippen MR) is 82.5 cm³/mol. The van der Waals surface area contributed by atoms with Gasteiger partial charge in [0.25, 0.3) is 0 Å². The molecular formula is C13H15F3N4S2. The van der Waals surface area contributed by atoms with Crippen molar-refractivity contribution in [1.82, 2.24) is 19.1 Å². The van der Waals surface area contributed by atoms with Gasteiger partial charge in [0.15, 0.2) is 5.65 Å². The van der Waals surface area contributed by atoms with E-state index in [9.17, 15) is 13.2 Å². The van der Waals surface area contributed by atoms with E-state index in [1.54, 1.807) is 4.68 Å². The van der Waals surface area contributed by atoms with Crippen molar-refractivity contribution in [3.8, 4) is 0 Å². The summed E-state index contributed by atoms with van der Waals surface area (Å²) < 4.78 is 41.6. The fourth-order valence-electron chi connectivity index (χ4n) is 2.41. The molecule has 0 amide bonds. The SMILES string of the molecule is FC(F)(F)c1ccc2nn(CN3CCCSCC3)c(=S)n2c1. The molecule has 2 aromatic heterocycles. The second kappa shape index (κ2) is 6.21. The Hall–Kier alpha value is -1.06. The summed E-state index contributed by atoms with van der Waals surface area (Å²) in [6.07, 6.45) is -2.27. The molecule has 0 unspecified atom stereocenters. The molecule has 2 aromatic rings. The van der Waals surface area contributed by atoms with Gasteiger partial charge in [-0.15, -0.1) is 0 Å². The summed E-state index contributed by atoms with van der Waals surface area (Å²) in [7, 11) is 0. The fourth-order valence-corrected chi connectivity index (χ4v) is 3.58. The van der Waals surface area contributed by atoms with Gasteiger partial charge in [0.1, 0.15) is 0 Å². The van der Waals surface area contributed by atoms with Crippen LogP contribution < -0.4 is 0 Å². The number of thioether (sulfide) groups is 1. The van der Waals surface area contributed by atoms with Crippen molar-refractivity contribution >= 4 is 29.6 Å². The highest BCUT2D eigenvalue weighted by atomic mass is 32.2. The second-order valence-corrected chi connectivity index (χ2v) is 6.74. The van der Waals surface area contributed by atoms with Crippen molar-refractivity contribution in [3.05, 3.63) is 28.7 Å². The Morgan fingerprint density at radius 2 is 2.05 bits per heavy atom. The number of aromatic nitrogens is 3. The van der Waals surface area contributed by atoms with Gasteiger partial charge in [-0.3, -0.25) is 9.30 Å². The smallest absolute Gasteiger partial charge is 0.283 e. The van der Waals surface area contributed by atoms with E-state index in [2.05, 4.69) is 10.00 Å². The van der Waals surface area contributed by atoms with Crippen molar-refractivity contribution in [2.24, 2.45) is 0 Å². The molecule has 3 heterocycles. The summed E-state index contributed by atoms with van der Waals surface area (Å²) in [6.45, 7) is 2.41. The average Bonchev–Trinajstić information content (AvgIpc) is 2.65. The fraction of sp³-hybridized carbons (Fsp3) is 0.538. The maximum atomic E-state index is 12.8. The minimum absolute atomic E-state index is 0.290. The highest BCUT2D eigenvalue weighted by Gasteiger charge is 2.31. The van der Waals surface area contributed by atoms with Crippen LogP contribution in [0.3, 0.4) is 0 Å². The van der Waals surface area contributed by atoms with Crippen LogP contribution in [0.2, 0.25) is 0 Å². The minimum Gasteiger partial charge on any atom is -0.283 e. The van der Waals surface area contributed by atoms with E-state index in [1.807, 2.05) is 11.8 Å². The summed E-state index contributed by atoms with van der Waals surface area (Å²) in [5, 5.41) is 4.32. The number of alkyl halides is 3. The van der Waals surface area contributed by atoms with Gasteiger partial charge in [0, 0.05) is 25.0 Å². The Balaban J connectivity index is 1.91. The van der Waals surface area contributed by atoms with Crippen LogP contribution in [0, 0.1) is 4.77 Å². The third-order valence-corrected chi connectivity index (χ3v) is 5.01. The number of hydrogen-bond donors (Lipinski definition) is 0. The van der Waals surface area contributed by atoms with Crippen LogP contribution >= 0.6 is 24.0 Å². The molecule has 120 valence electrons. The monoisotopic (exact) mass is 348 g/mol. The first kappa shape index (κ1) is 15.8. The molecule has 1 aliphatic rings. The average molecular weight is 348 g/mol. The minimum atomic E-state index is -4.38. The van der Waals surface area contributed by atoms with E-state index in [0.717, 1.165) is 43.3 Å². The van der Waals surface area contributed by atoms with Gasteiger partial charge in [0.05, 0.1) is 12.2 Å². The molecule has 1 aliphatic heterocycles. The number of halogens is 3. The Labute approximate surface area is 134 Å². The van der Waals surface area contributed by atoms with Gasteiger partial charge in [-0.2, -0.15) is 30.0 Å². The zero-order chi connectivity index (χ0) is 15.7. The number of hydrogen-bond acceptors (Lipinski definition) is 4. The molecule has 0 spiro atoms. The number of pyridine rings is 1. The van der Waals surface area contributed by atoms with Gasteiger partial charge in [-0.25, -0.2) is 4.68 Å². The van der Waals surface area contributed by atoms with E-state index in [-0.39, 0.29) is 4.77 Å².